The summed E-state index contributed by atoms with van der Waals surface area (Å²) in [6.07, 6.45) is 12.9. The number of carbonyl (C=O) groups is 2. The maximum atomic E-state index is 11.5. The van der Waals surface area contributed by atoms with Gasteiger partial charge in [-0.15, -0.1) is 0 Å². The molecule has 5 heteroatoms. The Labute approximate surface area is 179 Å². The molecule has 0 radical (unpaired) electrons. The number of unbranched alkanes of at least 4 members (excludes halogenated alkanes) is 1. The average molecular weight is 413 g/mol. The van der Waals surface area contributed by atoms with E-state index in [9.17, 15) is 9.59 Å². The molecule has 5 nitrogen and oxygen atoms in total. The number of aldehydes is 1. The molecular weight excluding hydrogens is 380 g/mol. The van der Waals surface area contributed by atoms with E-state index < -0.39 is 0 Å². The predicted octanol–water partition coefficient (Wildman–Crippen LogP) is 4.96. The molecule has 1 aliphatic carbocycles. The van der Waals surface area contributed by atoms with Gasteiger partial charge in [0, 0.05) is 11.6 Å². The number of ether oxygens (including phenoxy) is 3. The molecule has 0 bridgehead atoms. The lowest BCUT2D eigenvalue weighted by Crippen LogP contribution is -2.16. The second-order valence-corrected chi connectivity index (χ2v) is 7.50. The fourth-order valence-electron chi connectivity index (χ4n) is 3.35. The Balaban J connectivity index is 1.80. The second-order valence-electron chi connectivity index (χ2n) is 7.50. The van der Waals surface area contributed by atoms with Gasteiger partial charge in [0.05, 0.1) is 26.9 Å². The fraction of sp³-hybridized carbons (Fsp3) is 0.440. The molecule has 1 aromatic carbocycles. The highest BCUT2D eigenvalue weighted by Crippen LogP contribution is 2.26. The molecule has 0 spiro atoms. The summed E-state index contributed by atoms with van der Waals surface area (Å²) in [5, 5.41) is 0. The third-order valence-corrected chi connectivity index (χ3v) is 5.20. The molecule has 0 amide bonds. The summed E-state index contributed by atoms with van der Waals surface area (Å²) in [6.45, 7) is 2.59. The molecule has 0 aromatic heterocycles. The van der Waals surface area contributed by atoms with Gasteiger partial charge in [0.1, 0.15) is 12.0 Å². The zero-order chi connectivity index (χ0) is 21.8. The smallest absolute Gasteiger partial charge is 0.330 e. The summed E-state index contributed by atoms with van der Waals surface area (Å²) in [5.74, 6) is 0.810. The van der Waals surface area contributed by atoms with E-state index >= 15 is 0 Å². The summed E-state index contributed by atoms with van der Waals surface area (Å²) in [5.41, 5.74) is 2.92. The van der Waals surface area contributed by atoms with Crippen LogP contribution in [-0.2, 0) is 25.7 Å². The maximum absolute atomic E-state index is 11.5. The topological polar surface area (TPSA) is 61.8 Å². The highest BCUT2D eigenvalue weighted by molar-refractivity contribution is 5.81. The highest BCUT2D eigenvalue weighted by Gasteiger charge is 2.18. The standard InChI is InChI=1S/C25H32O5/c1-19(8-15-25(27)29-3)6-4-5-7-21-11-14-24(16-22(21)17-26)30-18-20-9-12-23(28-2)13-10-20/h7-10,12-13,15-17,19,24H,4-6,11,14,18H2,1-3H3/b15-8+,21-7+/t19-,24-/m1/s1. The number of carbonyl (C=O) groups excluding carboxylic acids is 2. The molecule has 0 fully saturated rings. The molecule has 30 heavy (non-hydrogen) atoms. The van der Waals surface area contributed by atoms with Crippen LogP contribution in [0.1, 0.15) is 44.6 Å². The van der Waals surface area contributed by atoms with E-state index in [1.54, 1.807) is 7.11 Å². The number of benzene rings is 1. The van der Waals surface area contributed by atoms with E-state index in [1.807, 2.05) is 36.4 Å². The minimum Gasteiger partial charge on any atom is -0.497 e. The van der Waals surface area contributed by atoms with Crippen molar-refractivity contribution >= 4 is 12.3 Å². The number of rotatable bonds is 11. The maximum Gasteiger partial charge on any atom is 0.330 e. The van der Waals surface area contributed by atoms with Crippen molar-refractivity contribution in [3.05, 3.63) is 65.3 Å². The lowest BCUT2D eigenvalue weighted by Gasteiger charge is -2.22. The second kappa shape index (κ2) is 12.8. The van der Waals surface area contributed by atoms with E-state index in [1.165, 1.54) is 13.2 Å². The summed E-state index contributed by atoms with van der Waals surface area (Å²) in [6, 6.07) is 7.80. The monoisotopic (exact) mass is 412 g/mol. The summed E-state index contributed by atoms with van der Waals surface area (Å²) in [4.78, 5) is 22.7. The van der Waals surface area contributed by atoms with Gasteiger partial charge >= 0.3 is 5.97 Å². The lowest BCUT2D eigenvalue weighted by molar-refractivity contribution is -0.134. The summed E-state index contributed by atoms with van der Waals surface area (Å²) in [7, 11) is 3.02. The normalized spacial score (nSPS) is 18.8. The van der Waals surface area contributed by atoms with Gasteiger partial charge in [-0.2, -0.15) is 0 Å². The Bertz CT molecular complexity index is 773. The van der Waals surface area contributed by atoms with E-state index in [4.69, 9.17) is 9.47 Å². The first-order chi connectivity index (χ1) is 14.5. The van der Waals surface area contributed by atoms with Crippen molar-refractivity contribution in [3.63, 3.8) is 0 Å². The van der Waals surface area contributed by atoms with Crippen LogP contribution < -0.4 is 4.74 Å². The Kier molecular flexibility index (Phi) is 10.1. The van der Waals surface area contributed by atoms with Gasteiger partial charge in [-0.25, -0.2) is 4.79 Å². The first kappa shape index (κ1) is 23.6. The van der Waals surface area contributed by atoms with Crippen molar-refractivity contribution < 1.29 is 23.8 Å². The molecule has 162 valence electrons. The highest BCUT2D eigenvalue weighted by atomic mass is 16.5. The van der Waals surface area contributed by atoms with Gasteiger partial charge in [-0.05, 0) is 67.4 Å². The molecule has 0 aliphatic heterocycles. The van der Waals surface area contributed by atoms with Crippen LogP contribution in [0.3, 0.4) is 0 Å². The van der Waals surface area contributed by atoms with Crippen LogP contribution in [0, 0.1) is 5.92 Å². The minimum absolute atomic E-state index is 0.0482. The summed E-state index contributed by atoms with van der Waals surface area (Å²) < 4.78 is 15.8. The van der Waals surface area contributed by atoms with Crippen LogP contribution in [0.25, 0.3) is 0 Å². The number of methoxy groups -OCH3 is 2. The average Bonchev–Trinajstić information content (AvgIpc) is 2.79. The van der Waals surface area contributed by atoms with Gasteiger partial charge in [-0.1, -0.05) is 31.2 Å². The SMILES string of the molecule is COC(=O)/C=C/[C@H](C)CCC/C=C1\CC[C@@H](OCc2ccc(OC)cc2)C=C1C=O. The molecule has 2 rings (SSSR count). The van der Waals surface area contributed by atoms with Crippen molar-refractivity contribution in [2.24, 2.45) is 5.92 Å². The van der Waals surface area contributed by atoms with E-state index in [0.29, 0.717) is 12.5 Å². The van der Waals surface area contributed by atoms with Gasteiger partial charge in [0.25, 0.3) is 0 Å². The van der Waals surface area contributed by atoms with Crippen LogP contribution >= 0.6 is 0 Å². The van der Waals surface area contributed by atoms with Crippen LogP contribution in [0.15, 0.2) is 59.7 Å². The van der Waals surface area contributed by atoms with Gasteiger partial charge in [0.2, 0.25) is 0 Å². The van der Waals surface area contributed by atoms with Crippen molar-refractivity contribution in [1.82, 2.24) is 0 Å². The molecule has 1 aromatic rings. The molecule has 1 aliphatic rings. The Morgan fingerprint density at radius 3 is 2.67 bits per heavy atom. The predicted molar refractivity (Wildman–Crippen MR) is 117 cm³/mol. The Morgan fingerprint density at radius 2 is 2.00 bits per heavy atom. The molecule has 0 saturated heterocycles. The summed E-state index contributed by atoms with van der Waals surface area (Å²) >= 11 is 0. The molecule has 0 unspecified atom stereocenters. The quantitative estimate of drug-likeness (QED) is 0.222. The number of hydrogen-bond donors (Lipinski definition) is 0. The third-order valence-electron chi connectivity index (χ3n) is 5.20. The molecule has 0 saturated carbocycles. The van der Waals surface area contributed by atoms with E-state index in [-0.39, 0.29) is 12.1 Å². The molecule has 2 atom stereocenters. The number of esters is 1. The van der Waals surface area contributed by atoms with Crippen LogP contribution in [-0.4, -0.2) is 32.6 Å². The van der Waals surface area contributed by atoms with Crippen molar-refractivity contribution in [3.8, 4) is 5.75 Å². The zero-order valence-electron chi connectivity index (χ0n) is 18.1. The fourth-order valence-corrected chi connectivity index (χ4v) is 3.35. The van der Waals surface area contributed by atoms with Gasteiger partial charge in [-0.3, -0.25) is 4.79 Å². The zero-order valence-corrected chi connectivity index (χ0v) is 18.1. The van der Waals surface area contributed by atoms with E-state index in [0.717, 1.165) is 60.8 Å². The Hall–Kier alpha value is -2.66. The molecular formula is C25H32O5. The minimum atomic E-state index is -0.323. The van der Waals surface area contributed by atoms with Crippen molar-refractivity contribution in [2.45, 2.75) is 51.7 Å². The van der Waals surface area contributed by atoms with Crippen LogP contribution in [0.5, 0.6) is 5.75 Å². The van der Waals surface area contributed by atoms with Crippen LogP contribution in [0.4, 0.5) is 0 Å². The van der Waals surface area contributed by atoms with E-state index in [2.05, 4.69) is 17.7 Å². The number of hydrogen-bond acceptors (Lipinski definition) is 5. The molecule has 0 heterocycles. The van der Waals surface area contributed by atoms with Crippen LogP contribution in [0.2, 0.25) is 0 Å². The molecule has 0 N–H and O–H groups in total. The largest absolute Gasteiger partial charge is 0.497 e. The first-order valence-electron chi connectivity index (χ1n) is 10.4. The first-order valence-corrected chi connectivity index (χ1v) is 10.4. The van der Waals surface area contributed by atoms with Crippen molar-refractivity contribution in [2.75, 3.05) is 14.2 Å². The van der Waals surface area contributed by atoms with Gasteiger partial charge < -0.3 is 14.2 Å². The van der Waals surface area contributed by atoms with Gasteiger partial charge in [0.15, 0.2) is 0 Å². The Morgan fingerprint density at radius 1 is 1.23 bits per heavy atom. The third kappa shape index (κ3) is 7.99. The number of allylic oxidation sites excluding steroid dienone is 4. The van der Waals surface area contributed by atoms with Crippen molar-refractivity contribution in [1.29, 1.82) is 0 Å². The lowest BCUT2D eigenvalue weighted by atomic mass is 9.91.